The van der Waals surface area contributed by atoms with Crippen molar-refractivity contribution in [3.8, 4) is 11.3 Å². The highest BCUT2D eigenvalue weighted by atomic mass is 19.1. The van der Waals surface area contributed by atoms with Gasteiger partial charge >= 0.3 is 0 Å². The van der Waals surface area contributed by atoms with Crippen LogP contribution in [0.15, 0.2) is 30.5 Å². The van der Waals surface area contributed by atoms with Crippen molar-refractivity contribution in [2.24, 2.45) is 0 Å². The first kappa shape index (κ1) is 19.6. The number of pyridine rings is 1. The zero-order valence-electron chi connectivity index (χ0n) is 16.7. The molecular formula is C23H26FN3O2. The number of hydrogen-bond donors (Lipinski definition) is 1. The summed E-state index contributed by atoms with van der Waals surface area (Å²) in [5, 5.41) is 2.88. The Balaban J connectivity index is 1.57. The number of nitrogens with one attached hydrogen (secondary N) is 1. The molecule has 0 spiro atoms. The topological polar surface area (TPSA) is 62.3 Å². The molecule has 1 aromatic carbocycles. The van der Waals surface area contributed by atoms with Gasteiger partial charge in [-0.3, -0.25) is 14.6 Å². The maximum Gasteiger partial charge on any atom is 0.255 e. The lowest BCUT2D eigenvalue weighted by molar-refractivity contribution is 0.0761. The lowest BCUT2D eigenvalue weighted by atomic mass is 10.00. The first-order chi connectivity index (χ1) is 14.0. The quantitative estimate of drug-likeness (QED) is 0.848. The molecule has 2 heterocycles. The van der Waals surface area contributed by atoms with Crippen molar-refractivity contribution in [3.05, 3.63) is 53.0 Å². The number of halogens is 1. The van der Waals surface area contributed by atoms with Gasteiger partial charge in [-0.25, -0.2) is 4.39 Å². The average Bonchev–Trinajstić information content (AvgIpc) is 3.56. The molecule has 2 amide bonds. The van der Waals surface area contributed by atoms with E-state index < -0.39 is 5.82 Å². The van der Waals surface area contributed by atoms with E-state index in [9.17, 15) is 14.0 Å². The fourth-order valence-electron chi connectivity index (χ4n) is 3.71. The van der Waals surface area contributed by atoms with Crippen molar-refractivity contribution < 1.29 is 14.0 Å². The van der Waals surface area contributed by atoms with E-state index in [1.807, 2.05) is 4.90 Å². The molecule has 0 bridgehead atoms. The molecule has 1 aromatic heterocycles. The highest BCUT2D eigenvalue weighted by Crippen LogP contribution is 2.27. The molecule has 2 fully saturated rings. The third-order valence-electron chi connectivity index (χ3n) is 5.70. The zero-order chi connectivity index (χ0) is 20.4. The number of benzene rings is 1. The van der Waals surface area contributed by atoms with Gasteiger partial charge in [0.2, 0.25) is 0 Å². The Morgan fingerprint density at radius 1 is 1.07 bits per heavy atom. The number of amides is 2. The third-order valence-corrected chi connectivity index (χ3v) is 5.70. The van der Waals surface area contributed by atoms with Crippen LogP contribution >= 0.6 is 0 Å². The van der Waals surface area contributed by atoms with Crippen LogP contribution in [0, 0.1) is 12.7 Å². The van der Waals surface area contributed by atoms with Gasteiger partial charge in [-0.05, 0) is 62.4 Å². The van der Waals surface area contributed by atoms with Gasteiger partial charge < -0.3 is 10.2 Å². The number of carbonyl (C=O) groups is 2. The van der Waals surface area contributed by atoms with Crippen LogP contribution in [-0.4, -0.2) is 40.8 Å². The van der Waals surface area contributed by atoms with Crippen molar-refractivity contribution in [2.45, 2.75) is 51.5 Å². The van der Waals surface area contributed by atoms with E-state index in [0.29, 0.717) is 27.9 Å². The summed E-state index contributed by atoms with van der Waals surface area (Å²) < 4.78 is 14.5. The number of nitrogens with zero attached hydrogens (tertiary/aromatic N) is 2. The molecule has 4 rings (SSSR count). The molecule has 1 saturated carbocycles. The van der Waals surface area contributed by atoms with E-state index in [0.717, 1.165) is 51.6 Å². The SMILES string of the molecule is Cc1c(F)cc(C(=O)NC2CC2)cc1-c1ccc(C(=O)N2CCCCCC2)cn1. The maximum atomic E-state index is 14.5. The summed E-state index contributed by atoms with van der Waals surface area (Å²) in [4.78, 5) is 31.4. The number of likely N-dealkylation sites (tertiary alicyclic amines) is 1. The molecule has 1 aliphatic heterocycles. The van der Waals surface area contributed by atoms with Gasteiger partial charge in [0.25, 0.3) is 11.8 Å². The Bertz CT molecular complexity index is 914. The van der Waals surface area contributed by atoms with Gasteiger partial charge in [-0.15, -0.1) is 0 Å². The highest BCUT2D eigenvalue weighted by Gasteiger charge is 2.25. The second kappa shape index (κ2) is 8.31. The fraction of sp³-hybridized carbons (Fsp3) is 0.435. The molecule has 0 unspecified atom stereocenters. The summed E-state index contributed by atoms with van der Waals surface area (Å²) in [6, 6.07) is 6.62. The highest BCUT2D eigenvalue weighted by molar-refractivity contribution is 5.96. The Morgan fingerprint density at radius 2 is 1.79 bits per heavy atom. The molecule has 1 N–H and O–H groups in total. The monoisotopic (exact) mass is 395 g/mol. The van der Waals surface area contributed by atoms with Gasteiger partial charge in [0.05, 0.1) is 11.3 Å². The molecule has 6 heteroatoms. The molecule has 152 valence electrons. The first-order valence-corrected chi connectivity index (χ1v) is 10.4. The minimum Gasteiger partial charge on any atom is -0.349 e. The number of hydrogen-bond acceptors (Lipinski definition) is 3. The number of rotatable bonds is 4. The van der Waals surface area contributed by atoms with E-state index >= 15 is 0 Å². The number of carbonyl (C=O) groups excluding carboxylic acids is 2. The van der Waals surface area contributed by atoms with Crippen molar-refractivity contribution in [2.75, 3.05) is 13.1 Å². The Hall–Kier alpha value is -2.76. The van der Waals surface area contributed by atoms with Crippen LogP contribution in [0.25, 0.3) is 11.3 Å². The normalized spacial score (nSPS) is 17.0. The van der Waals surface area contributed by atoms with E-state index in [2.05, 4.69) is 10.3 Å². The van der Waals surface area contributed by atoms with E-state index in [1.165, 1.54) is 6.07 Å². The summed E-state index contributed by atoms with van der Waals surface area (Å²) in [6.45, 7) is 3.23. The Kier molecular flexibility index (Phi) is 5.60. The zero-order valence-corrected chi connectivity index (χ0v) is 16.7. The minimum absolute atomic E-state index is 0.00795. The van der Waals surface area contributed by atoms with E-state index in [-0.39, 0.29) is 17.9 Å². The summed E-state index contributed by atoms with van der Waals surface area (Å²) in [5.74, 6) is -0.706. The van der Waals surface area contributed by atoms with Crippen molar-refractivity contribution in [1.82, 2.24) is 15.2 Å². The third kappa shape index (κ3) is 4.47. The minimum atomic E-state index is -0.435. The molecule has 1 aliphatic carbocycles. The van der Waals surface area contributed by atoms with Gasteiger partial charge in [0.15, 0.2) is 0 Å². The van der Waals surface area contributed by atoms with Crippen LogP contribution < -0.4 is 5.32 Å². The first-order valence-electron chi connectivity index (χ1n) is 10.4. The second-order valence-corrected chi connectivity index (χ2v) is 8.02. The molecule has 2 aliphatic rings. The van der Waals surface area contributed by atoms with Crippen molar-refractivity contribution in [3.63, 3.8) is 0 Å². The van der Waals surface area contributed by atoms with Crippen LogP contribution in [0.5, 0.6) is 0 Å². The van der Waals surface area contributed by atoms with E-state index in [4.69, 9.17) is 0 Å². The summed E-state index contributed by atoms with van der Waals surface area (Å²) in [7, 11) is 0. The predicted molar refractivity (Wildman–Crippen MR) is 109 cm³/mol. The molecule has 29 heavy (non-hydrogen) atoms. The van der Waals surface area contributed by atoms with Crippen LogP contribution in [0.4, 0.5) is 4.39 Å². The maximum absolute atomic E-state index is 14.5. The Morgan fingerprint density at radius 3 is 2.41 bits per heavy atom. The van der Waals surface area contributed by atoms with Crippen molar-refractivity contribution >= 4 is 11.8 Å². The van der Waals surface area contributed by atoms with E-state index in [1.54, 1.807) is 31.3 Å². The average molecular weight is 395 g/mol. The van der Waals surface area contributed by atoms with Crippen LogP contribution in [0.3, 0.4) is 0 Å². The molecule has 0 atom stereocenters. The molecule has 1 saturated heterocycles. The van der Waals surface area contributed by atoms with Gasteiger partial charge in [0.1, 0.15) is 5.82 Å². The molecule has 0 radical (unpaired) electrons. The smallest absolute Gasteiger partial charge is 0.255 e. The predicted octanol–water partition coefficient (Wildman–Crippen LogP) is 4.10. The number of aromatic nitrogens is 1. The standard InChI is InChI=1S/C23H26FN3O2/c1-15-19(12-17(13-20(15)24)22(28)26-18-7-8-18)21-9-6-16(14-25-21)23(29)27-10-4-2-3-5-11-27/h6,9,12-14,18H,2-5,7-8,10-11H2,1H3,(H,26,28). The van der Waals surface area contributed by atoms with Gasteiger partial charge in [0, 0.05) is 36.5 Å². The second-order valence-electron chi connectivity index (χ2n) is 8.02. The van der Waals surface area contributed by atoms with Gasteiger partial charge in [-0.2, -0.15) is 0 Å². The lowest BCUT2D eigenvalue weighted by Crippen LogP contribution is -2.31. The summed E-state index contributed by atoms with van der Waals surface area (Å²) in [6.07, 6.45) is 7.89. The van der Waals surface area contributed by atoms with Crippen LogP contribution in [0.2, 0.25) is 0 Å². The fourth-order valence-corrected chi connectivity index (χ4v) is 3.71. The largest absolute Gasteiger partial charge is 0.349 e. The lowest BCUT2D eigenvalue weighted by Gasteiger charge is -2.20. The Labute approximate surface area is 170 Å². The van der Waals surface area contributed by atoms with Crippen LogP contribution in [-0.2, 0) is 0 Å². The molecular weight excluding hydrogens is 369 g/mol. The summed E-state index contributed by atoms with van der Waals surface area (Å²) >= 11 is 0. The summed E-state index contributed by atoms with van der Waals surface area (Å²) in [5.41, 5.74) is 2.39. The van der Waals surface area contributed by atoms with Gasteiger partial charge in [-0.1, -0.05) is 12.8 Å². The van der Waals surface area contributed by atoms with Crippen LogP contribution in [0.1, 0.15) is 64.8 Å². The molecule has 5 nitrogen and oxygen atoms in total. The molecule has 2 aromatic rings. The van der Waals surface area contributed by atoms with Crippen molar-refractivity contribution in [1.29, 1.82) is 0 Å².